The fraction of sp³-hybridized carbons (Fsp3) is 0.846. The summed E-state index contributed by atoms with van der Waals surface area (Å²) in [7, 11) is 2.05. The largest absolute Gasteiger partial charge is 0.339 e. The number of likely N-dealkylation sites (N-methyl/N-ethyl adjacent to an activating group) is 1. The zero-order valence-corrected chi connectivity index (χ0v) is 11.7. The topological polar surface area (TPSA) is 78.7 Å². The normalized spacial score (nSPS) is 24.0. The van der Waals surface area contributed by atoms with Gasteiger partial charge in [-0.1, -0.05) is 19.3 Å². The number of nitrogens with two attached hydrogens (primary N) is 1. The van der Waals surface area contributed by atoms with Gasteiger partial charge in [0.2, 0.25) is 11.8 Å². The van der Waals surface area contributed by atoms with Gasteiger partial charge in [-0.15, -0.1) is 0 Å². The Hall–Kier alpha value is -1.14. The number of hydrogen-bond donors (Lipinski definition) is 2. The molecule has 6 heteroatoms. The van der Waals surface area contributed by atoms with Gasteiger partial charge in [0.1, 0.15) is 5.41 Å². The highest BCUT2D eigenvalue weighted by Crippen LogP contribution is 2.38. The summed E-state index contributed by atoms with van der Waals surface area (Å²) in [6, 6.07) is 0. The molecule has 6 nitrogen and oxygen atoms in total. The second kappa shape index (κ2) is 5.88. The molecule has 1 aliphatic carbocycles. The number of nitrogens with one attached hydrogen (secondary N) is 1. The van der Waals surface area contributed by atoms with E-state index in [9.17, 15) is 9.59 Å². The van der Waals surface area contributed by atoms with Crippen LogP contribution in [0.3, 0.4) is 0 Å². The molecule has 1 saturated carbocycles. The Kier molecular flexibility index (Phi) is 4.42. The summed E-state index contributed by atoms with van der Waals surface area (Å²) in [5.74, 6) is 4.97. The fourth-order valence-electron chi connectivity index (χ4n) is 3.14. The lowest BCUT2D eigenvalue weighted by molar-refractivity contribution is -0.154. The molecule has 0 aromatic rings. The SMILES string of the molecule is CN1CCN(C(=O)C2(C(=O)NN)CCCCC2)CC1. The second-order valence-electron chi connectivity index (χ2n) is 5.71. The highest BCUT2D eigenvalue weighted by atomic mass is 16.2. The van der Waals surface area contributed by atoms with Crippen LogP contribution in [-0.2, 0) is 9.59 Å². The number of carbonyl (C=O) groups excluding carboxylic acids is 2. The molecule has 1 saturated heterocycles. The summed E-state index contributed by atoms with van der Waals surface area (Å²) in [6.45, 7) is 3.14. The maximum Gasteiger partial charge on any atom is 0.249 e. The van der Waals surface area contributed by atoms with Gasteiger partial charge in [0.15, 0.2) is 0 Å². The third-order valence-electron chi connectivity index (χ3n) is 4.47. The van der Waals surface area contributed by atoms with Crippen LogP contribution in [0.2, 0.25) is 0 Å². The minimum Gasteiger partial charge on any atom is -0.339 e. The second-order valence-corrected chi connectivity index (χ2v) is 5.71. The summed E-state index contributed by atoms with van der Waals surface area (Å²) in [5, 5.41) is 0. The Morgan fingerprint density at radius 1 is 1.05 bits per heavy atom. The molecule has 2 amide bonds. The van der Waals surface area contributed by atoms with Crippen LogP contribution >= 0.6 is 0 Å². The number of amides is 2. The van der Waals surface area contributed by atoms with E-state index in [0.717, 1.165) is 32.4 Å². The van der Waals surface area contributed by atoms with Crippen molar-refractivity contribution in [1.29, 1.82) is 0 Å². The van der Waals surface area contributed by atoms with Crippen LogP contribution in [-0.4, -0.2) is 54.8 Å². The van der Waals surface area contributed by atoms with Crippen molar-refractivity contribution in [2.75, 3.05) is 33.2 Å². The quantitative estimate of drug-likeness (QED) is 0.312. The molecule has 0 atom stereocenters. The zero-order chi connectivity index (χ0) is 13.9. The van der Waals surface area contributed by atoms with Crippen molar-refractivity contribution in [1.82, 2.24) is 15.2 Å². The molecule has 0 aromatic heterocycles. The number of hydrogen-bond acceptors (Lipinski definition) is 4. The predicted octanol–water partition coefficient (Wildman–Crippen LogP) is -0.299. The summed E-state index contributed by atoms with van der Waals surface area (Å²) in [4.78, 5) is 28.9. The molecule has 108 valence electrons. The third kappa shape index (κ3) is 2.74. The van der Waals surface area contributed by atoms with Crippen molar-refractivity contribution >= 4 is 11.8 Å². The van der Waals surface area contributed by atoms with Crippen LogP contribution in [0, 0.1) is 5.41 Å². The summed E-state index contributed by atoms with van der Waals surface area (Å²) in [5.41, 5.74) is 1.29. The maximum atomic E-state index is 12.8. The first kappa shape index (κ1) is 14.3. The van der Waals surface area contributed by atoms with Crippen molar-refractivity contribution in [3.8, 4) is 0 Å². The predicted molar refractivity (Wildman–Crippen MR) is 71.9 cm³/mol. The number of nitrogens with zero attached hydrogens (tertiary/aromatic N) is 2. The Labute approximate surface area is 114 Å². The summed E-state index contributed by atoms with van der Waals surface area (Å²) >= 11 is 0. The molecule has 3 N–H and O–H groups in total. The molecular weight excluding hydrogens is 244 g/mol. The van der Waals surface area contributed by atoms with E-state index in [4.69, 9.17) is 5.84 Å². The van der Waals surface area contributed by atoms with Gasteiger partial charge in [-0.2, -0.15) is 0 Å². The van der Waals surface area contributed by atoms with E-state index < -0.39 is 5.41 Å². The van der Waals surface area contributed by atoms with Crippen molar-refractivity contribution < 1.29 is 9.59 Å². The number of piperazine rings is 1. The lowest BCUT2D eigenvalue weighted by Crippen LogP contribution is -2.58. The van der Waals surface area contributed by atoms with Crippen molar-refractivity contribution in [3.63, 3.8) is 0 Å². The first-order chi connectivity index (χ1) is 9.10. The molecule has 19 heavy (non-hydrogen) atoms. The van der Waals surface area contributed by atoms with E-state index in [1.54, 1.807) is 0 Å². The van der Waals surface area contributed by atoms with Gasteiger partial charge < -0.3 is 9.80 Å². The average molecular weight is 268 g/mol. The molecule has 0 aromatic carbocycles. The van der Waals surface area contributed by atoms with E-state index >= 15 is 0 Å². The molecule has 2 fully saturated rings. The summed E-state index contributed by atoms with van der Waals surface area (Å²) < 4.78 is 0. The zero-order valence-electron chi connectivity index (χ0n) is 11.7. The van der Waals surface area contributed by atoms with E-state index in [-0.39, 0.29) is 11.8 Å². The van der Waals surface area contributed by atoms with Crippen molar-refractivity contribution in [3.05, 3.63) is 0 Å². The van der Waals surface area contributed by atoms with Gasteiger partial charge in [-0.25, -0.2) is 5.84 Å². The minimum atomic E-state index is -0.914. The standard InChI is InChI=1S/C13H24N4O2/c1-16-7-9-17(10-8-16)12(19)13(11(18)15-14)5-3-2-4-6-13/h2-10,14H2,1H3,(H,15,18). The van der Waals surface area contributed by atoms with E-state index in [0.29, 0.717) is 25.9 Å². The average Bonchev–Trinajstić information content (AvgIpc) is 2.47. The number of rotatable bonds is 2. The summed E-state index contributed by atoms with van der Waals surface area (Å²) in [6.07, 6.45) is 4.19. The molecule has 1 heterocycles. The Bertz CT molecular complexity index is 345. The Morgan fingerprint density at radius 3 is 2.16 bits per heavy atom. The Balaban J connectivity index is 2.13. The van der Waals surface area contributed by atoms with Gasteiger partial charge >= 0.3 is 0 Å². The van der Waals surface area contributed by atoms with Gasteiger partial charge in [0.25, 0.3) is 0 Å². The molecule has 0 unspecified atom stereocenters. The highest BCUT2D eigenvalue weighted by Gasteiger charge is 2.48. The smallest absolute Gasteiger partial charge is 0.249 e. The minimum absolute atomic E-state index is 0.0248. The lowest BCUT2D eigenvalue weighted by atomic mass is 9.72. The first-order valence-corrected chi connectivity index (χ1v) is 7.09. The number of carbonyl (C=O) groups is 2. The van der Waals surface area contributed by atoms with E-state index in [1.807, 2.05) is 11.9 Å². The van der Waals surface area contributed by atoms with Crippen LogP contribution in [0.5, 0.6) is 0 Å². The van der Waals surface area contributed by atoms with Gasteiger partial charge in [-0.05, 0) is 19.9 Å². The maximum absolute atomic E-state index is 12.8. The third-order valence-corrected chi connectivity index (χ3v) is 4.47. The van der Waals surface area contributed by atoms with Crippen LogP contribution in [0.15, 0.2) is 0 Å². The van der Waals surface area contributed by atoms with Gasteiger partial charge in [0, 0.05) is 26.2 Å². The van der Waals surface area contributed by atoms with Crippen LogP contribution in [0.4, 0.5) is 0 Å². The van der Waals surface area contributed by atoms with E-state index in [2.05, 4.69) is 10.3 Å². The Morgan fingerprint density at radius 2 is 1.63 bits per heavy atom. The first-order valence-electron chi connectivity index (χ1n) is 7.09. The lowest BCUT2D eigenvalue weighted by Gasteiger charge is -2.41. The van der Waals surface area contributed by atoms with E-state index in [1.165, 1.54) is 0 Å². The van der Waals surface area contributed by atoms with Crippen LogP contribution in [0.25, 0.3) is 0 Å². The van der Waals surface area contributed by atoms with Crippen LogP contribution in [0.1, 0.15) is 32.1 Å². The monoisotopic (exact) mass is 268 g/mol. The van der Waals surface area contributed by atoms with Crippen molar-refractivity contribution in [2.24, 2.45) is 11.3 Å². The van der Waals surface area contributed by atoms with Crippen LogP contribution < -0.4 is 11.3 Å². The molecular formula is C13H24N4O2. The molecule has 0 radical (unpaired) electrons. The number of hydrazine groups is 1. The molecule has 1 aliphatic heterocycles. The molecule has 0 spiro atoms. The highest BCUT2D eigenvalue weighted by molar-refractivity contribution is 6.05. The van der Waals surface area contributed by atoms with Gasteiger partial charge in [-0.3, -0.25) is 15.0 Å². The van der Waals surface area contributed by atoms with Gasteiger partial charge in [0.05, 0.1) is 0 Å². The molecule has 2 aliphatic rings. The molecule has 2 rings (SSSR count). The van der Waals surface area contributed by atoms with Crippen molar-refractivity contribution in [2.45, 2.75) is 32.1 Å². The fourth-order valence-corrected chi connectivity index (χ4v) is 3.14. The molecule has 0 bridgehead atoms.